The summed E-state index contributed by atoms with van der Waals surface area (Å²) in [7, 11) is 1.69. The maximum atomic E-state index is 9.21. The van der Waals surface area contributed by atoms with Crippen molar-refractivity contribution in [3.8, 4) is 5.75 Å². The van der Waals surface area contributed by atoms with Crippen LogP contribution >= 0.6 is 0 Å². The van der Waals surface area contributed by atoms with Gasteiger partial charge in [-0.2, -0.15) is 0 Å². The van der Waals surface area contributed by atoms with E-state index in [0.29, 0.717) is 5.92 Å². The van der Waals surface area contributed by atoms with E-state index >= 15 is 0 Å². The van der Waals surface area contributed by atoms with Crippen molar-refractivity contribution in [2.45, 2.75) is 45.6 Å². The number of hydrogen-bond acceptors (Lipinski definition) is 2. The van der Waals surface area contributed by atoms with E-state index in [9.17, 15) is 5.11 Å². The maximum absolute atomic E-state index is 9.21. The zero-order chi connectivity index (χ0) is 13.5. The summed E-state index contributed by atoms with van der Waals surface area (Å²) in [5.74, 6) is 1.41. The molecule has 0 aliphatic heterocycles. The van der Waals surface area contributed by atoms with Crippen LogP contribution in [-0.4, -0.2) is 18.3 Å². The summed E-state index contributed by atoms with van der Waals surface area (Å²) >= 11 is 0. The average molecular weight is 248 g/mol. The van der Waals surface area contributed by atoms with Crippen molar-refractivity contribution in [2.24, 2.45) is 0 Å². The van der Waals surface area contributed by atoms with Crippen molar-refractivity contribution in [1.82, 2.24) is 0 Å². The van der Waals surface area contributed by atoms with Gasteiger partial charge in [0.2, 0.25) is 0 Å². The van der Waals surface area contributed by atoms with Gasteiger partial charge in [0, 0.05) is 5.56 Å². The van der Waals surface area contributed by atoms with E-state index < -0.39 is 0 Å². The van der Waals surface area contributed by atoms with Crippen molar-refractivity contribution >= 4 is 6.08 Å². The van der Waals surface area contributed by atoms with E-state index in [2.05, 4.69) is 38.1 Å². The summed E-state index contributed by atoms with van der Waals surface area (Å²) < 4.78 is 5.36. The molecule has 1 rings (SSSR count). The lowest BCUT2D eigenvalue weighted by molar-refractivity contribution is 0.186. The second kappa shape index (κ2) is 7.22. The molecule has 2 nitrogen and oxygen atoms in total. The average Bonchev–Trinajstić information content (AvgIpc) is 2.34. The van der Waals surface area contributed by atoms with Gasteiger partial charge in [0.25, 0.3) is 0 Å². The molecule has 0 heterocycles. The van der Waals surface area contributed by atoms with Gasteiger partial charge in [0.15, 0.2) is 0 Å². The standard InChI is InChI=1S/C16H24O2/c1-12(2)14-9-10-16(18-4)15(11-14)8-6-5-7-13(3)17/h6,8-13,17H,5,7H2,1-4H3/t13-/m0/s1. The Balaban J connectivity index is 2.81. The topological polar surface area (TPSA) is 29.5 Å². The largest absolute Gasteiger partial charge is 0.496 e. The smallest absolute Gasteiger partial charge is 0.126 e. The third-order valence-electron chi connectivity index (χ3n) is 2.97. The van der Waals surface area contributed by atoms with Crippen LogP contribution in [0.2, 0.25) is 0 Å². The number of aliphatic hydroxyl groups is 1. The first-order chi connectivity index (χ1) is 8.54. The van der Waals surface area contributed by atoms with Crippen LogP contribution in [0.3, 0.4) is 0 Å². The van der Waals surface area contributed by atoms with Crippen LogP contribution in [0.5, 0.6) is 5.75 Å². The van der Waals surface area contributed by atoms with Gasteiger partial charge >= 0.3 is 0 Å². The normalized spacial score (nSPS) is 13.2. The lowest BCUT2D eigenvalue weighted by Gasteiger charge is -2.10. The van der Waals surface area contributed by atoms with Gasteiger partial charge < -0.3 is 9.84 Å². The third-order valence-corrected chi connectivity index (χ3v) is 2.97. The Morgan fingerprint density at radius 3 is 2.56 bits per heavy atom. The monoisotopic (exact) mass is 248 g/mol. The lowest BCUT2D eigenvalue weighted by Crippen LogP contribution is -1.97. The maximum Gasteiger partial charge on any atom is 0.126 e. The molecule has 1 atom stereocenters. The van der Waals surface area contributed by atoms with Crippen molar-refractivity contribution in [2.75, 3.05) is 7.11 Å². The first kappa shape index (κ1) is 14.8. The minimum Gasteiger partial charge on any atom is -0.496 e. The molecule has 18 heavy (non-hydrogen) atoms. The Bertz CT molecular complexity index is 392. The number of methoxy groups -OCH3 is 1. The molecule has 0 saturated heterocycles. The van der Waals surface area contributed by atoms with E-state index in [0.717, 1.165) is 24.2 Å². The van der Waals surface area contributed by atoms with Crippen molar-refractivity contribution in [3.63, 3.8) is 0 Å². The van der Waals surface area contributed by atoms with Gasteiger partial charge in [-0.15, -0.1) is 0 Å². The van der Waals surface area contributed by atoms with Crippen molar-refractivity contribution in [3.05, 3.63) is 35.4 Å². The molecule has 0 spiro atoms. The molecule has 0 aliphatic rings. The predicted molar refractivity (Wildman–Crippen MR) is 77.0 cm³/mol. The first-order valence-corrected chi connectivity index (χ1v) is 6.57. The highest BCUT2D eigenvalue weighted by Crippen LogP contribution is 2.25. The molecule has 0 fully saturated rings. The Morgan fingerprint density at radius 2 is 2.00 bits per heavy atom. The molecular formula is C16H24O2. The summed E-state index contributed by atoms with van der Waals surface area (Å²) in [6.45, 7) is 6.18. The SMILES string of the molecule is COc1ccc(C(C)C)cc1C=CCC[C@H](C)O. The summed E-state index contributed by atoms with van der Waals surface area (Å²) in [5.41, 5.74) is 2.42. The highest BCUT2D eigenvalue weighted by atomic mass is 16.5. The van der Waals surface area contributed by atoms with Crippen LogP contribution in [0.4, 0.5) is 0 Å². The molecule has 0 saturated carbocycles. The Morgan fingerprint density at radius 1 is 1.28 bits per heavy atom. The Kier molecular flexibility index (Phi) is 5.93. The highest BCUT2D eigenvalue weighted by Gasteiger charge is 2.04. The molecular weight excluding hydrogens is 224 g/mol. The molecule has 1 aromatic rings. The Hall–Kier alpha value is -1.28. The van der Waals surface area contributed by atoms with Gasteiger partial charge in [0.05, 0.1) is 13.2 Å². The molecule has 1 N–H and O–H groups in total. The molecule has 2 heteroatoms. The number of ether oxygens (including phenoxy) is 1. The van der Waals surface area contributed by atoms with Crippen LogP contribution in [0.1, 0.15) is 50.7 Å². The minimum absolute atomic E-state index is 0.237. The highest BCUT2D eigenvalue weighted by molar-refractivity contribution is 5.58. The number of rotatable bonds is 6. The molecule has 0 aromatic heterocycles. The van der Waals surface area contributed by atoms with Crippen LogP contribution in [0, 0.1) is 0 Å². The first-order valence-electron chi connectivity index (χ1n) is 6.57. The van der Waals surface area contributed by atoms with E-state index in [1.54, 1.807) is 7.11 Å². The van der Waals surface area contributed by atoms with Gasteiger partial charge in [-0.3, -0.25) is 0 Å². The zero-order valence-corrected chi connectivity index (χ0v) is 11.8. The van der Waals surface area contributed by atoms with E-state index in [1.165, 1.54) is 5.56 Å². The summed E-state index contributed by atoms with van der Waals surface area (Å²) in [5, 5.41) is 9.21. The van der Waals surface area contributed by atoms with Gasteiger partial charge in [-0.1, -0.05) is 32.1 Å². The third kappa shape index (κ3) is 4.53. The van der Waals surface area contributed by atoms with Gasteiger partial charge in [0.1, 0.15) is 5.75 Å². The molecule has 0 bridgehead atoms. The van der Waals surface area contributed by atoms with Crippen LogP contribution in [0.25, 0.3) is 6.08 Å². The molecule has 100 valence electrons. The minimum atomic E-state index is -0.237. The van der Waals surface area contributed by atoms with E-state index in [-0.39, 0.29) is 6.10 Å². The second-order valence-corrected chi connectivity index (χ2v) is 4.98. The van der Waals surface area contributed by atoms with Crippen LogP contribution in [0.15, 0.2) is 24.3 Å². The number of allylic oxidation sites excluding steroid dienone is 1. The summed E-state index contributed by atoms with van der Waals surface area (Å²) in [4.78, 5) is 0. The fraction of sp³-hybridized carbons (Fsp3) is 0.500. The van der Waals surface area contributed by atoms with Crippen molar-refractivity contribution in [1.29, 1.82) is 0 Å². The predicted octanol–water partition coefficient (Wildman–Crippen LogP) is 3.99. The van der Waals surface area contributed by atoms with Gasteiger partial charge in [-0.05, 0) is 43.4 Å². The van der Waals surface area contributed by atoms with E-state index in [1.807, 2.05) is 13.0 Å². The zero-order valence-electron chi connectivity index (χ0n) is 11.8. The second-order valence-electron chi connectivity index (χ2n) is 4.98. The van der Waals surface area contributed by atoms with Gasteiger partial charge in [-0.25, -0.2) is 0 Å². The van der Waals surface area contributed by atoms with Crippen molar-refractivity contribution < 1.29 is 9.84 Å². The molecule has 1 aromatic carbocycles. The number of aliphatic hydroxyl groups excluding tert-OH is 1. The lowest BCUT2D eigenvalue weighted by atomic mass is 10.00. The summed E-state index contributed by atoms with van der Waals surface area (Å²) in [6, 6.07) is 6.29. The fourth-order valence-electron chi connectivity index (χ4n) is 1.79. The number of benzene rings is 1. The fourth-order valence-corrected chi connectivity index (χ4v) is 1.79. The Labute approximate surface area is 110 Å². The molecule has 0 aliphatic carbocycles. The quantitative estimate of drug-likeness (QED) is 0.824. The molecule has 0 unspecified atom stereocenters. The summed E-state index contributed by atoms with van der Waals surface area (Å²) in [6.07, 6.45) is 5.61. The van der Waals surface area contributed by atoms with Crippen LogP contribution < -0.4 is 4.74 Å². The number of hydrogen-bond donors (Lipinski definition) is 1. The molecule has 0 amide bonds. The van der Waals surface area contributed by atoms with Crippen LogP contribution in [-0.2, 0) is 0 Å². The van der Waals surface area contributed by atoms with E-state index in [4.69, 9.17) is 4.74 Å². The molecule has 0 radical (unpaired) electrons.